The summed E-state index contributed by atoms with van der Waals surface area (Å²) in [5, 5.41) is 10.6. The number of hydrogen-bond acceptors (Lipinski definition) is 4. The fourth-order valence-corrected chi connectivity index (χ4v) is 3.92. The van der Waals surface area contributed by atoms with Gasteiger partial charge in [-0.05, 0) is 19.4 Å². The largest absolute Gasteiger partial charge is 0.389 e. The van der Waals surface area contributed by atoms with Crippen LogP contribution in [0.5, 0.6) is 0 Å². The third-order valence-electron chi connectivity index (χ3n) is 5.35. The summed E-state index contributed by atoms with van der Waals surface area (Å²) in [6, 6.07) is 0.119. The Morgan fingerprint density at radius 3 is 2.83 bits per heavy atom. The van der Waals surface area contributed by atoms with E-state index in [1.54, 1.807) is 6.20 Å². The maximum Gasteiger partial charge on any atom is 0.225 e. The lowest BCUT2D eigenvalue weighted by Gasteiger charge is -2.41. The third-order valence-corrected chi connectivity index (χ3v) is 5.35. The molecular weight excluding hydrogens is 292 g/mol. The van der Waals surface area contributed by atoms with Crippen LogP contribution in [0.2, 0.25) is 0 Å². The zero-order chi connectivity index (χ0) is 16.3. The van der Waals surface area contributed by atoms with Crippen molar-refractivity contribution < 1.29 is 9.90 Å². The molecule has 3 rings (SSSR count). The summed E-state index contributed by atoms with van der Waals surface area (Å²) in [6.45, 7) is 5.32. The Bertz CT molecular complexity index is 511. The summed E-state index contributed by atoms with van der Waals surface area (Å²) in [5.74, 6) is 1.00. The predicted molar refractivity (Wildman–Crippen MR) is 87.8 cm³/mol. The first-order chi connectivity index (χ1) is 11.1. The van der Waals surface area contributed by atoms with E-state index in [9.17, 15) is 9.90 Å². The first kappa shape index (κ1) is 16.5. The van der Waals surface area contributed by atoms with Crippen molar-refractivity contribution in [1.82, 2.24) is 19.8 Å². The van der Waals surface area contributed by atoms with Crippen LogP contribution in [0.1, 0.15) is 57.3 Å². The van der Waals surface area contributed by atoms with Crippen molar-refractivity contribution in [2.75, 3.05) is 26.2 Å². The van der Waals surface area contributed by atoms with Crippen LogP contribution >= 0.6 is 0 Å². The molecule has 1 atom stereocenters. The number of likely N-dealkylation sites (N-methyl/N-ethyl adjacent to an activating group) is 1. The Labute approximate surface area is 137 Å². The van der Waals surface area contributed by atoms with Crippen molar-refractivity contribution in [3.63, 3.8) is 0 Å². The molecule has 1 saturated heterocycles. The van der Waals surface area contributed by atoms with Crippen molar-refractivity contribution in [3.8, 4) is 0 Å². The zero-order valence-electron chi connectivity index (χ0n) is 14.0. The number of piperazine rings is 1. The first-order valence-electron chi connectivity index (χ1n) is 8.85. The number of nitrogens with zero attached hydrogens (tertiary/aromatic N) is 3. The quantitative estimate of drug-likeness (QED) is 0.886. The number of carbonyl (C=O) groups is 1. The maximum absolute atomic E-state index is 12.7. The molecule has 1 saturated carbocycles. The molecule has 2 N–H and O–H groups in total. The Kier molecular flexibility index (Phi) is 5.02. The topological polar surface area (TPSA) is 72.5 Å². The summed E-state index contributed by atoms with van der Waals surface area (Å²) in [6.07, 6.45) is 8.61. The summed E-state index contributed by atoms with van der Waals surface area (Å²) >= 11 is 0. The van der Waals surface area contributed by atoms with Crippen LogP contribution in [0, 0.1) is 0 Å². The molecule has 1 aliphatic heterocycles. The van der Waals surface area contributed by atoms with E-state index in [1.165, 1.54) is 6.42 Å². The smallest absolute Gasteiger partial charge is 0.225 e. The Balaban J connectivity index is 1.65. The average Bonchev–Trinajstić information content (AvgIpc) is 3.08. The van der Waals surface area contributed by atoms with Crippen LogP contribution in [0.25, 0.3) is 0 Å². The second-order valence-electron chi connectivity index (χ2n) is 6.92. The molecule has 6 heteroatoms. The molecule has 0 radical (unpaired) electrons. The number of amides is 1. The second kappa shape index (κ2) is 7.01. The number of aromatic nitrogens is 2. The van der Waals surface area contributed by atoms with Crippen molar-refractivity contribution in [2.24, 2.45) is 0 Å². The predicted octanol–water partition coefficient (Wildman–Crippen LogP) is 1.70. The molecule has 0 bridgehead atoms. The molecule has 23 heavy (non-hydrogen) atoms. The van der Waals surface area contributed by atoms with Crippen LogP contribution in [0.15, 0.2) is 12.4 Å². The summed E-state index contributed by atoms with van der Waals surface area (Å²) in [5.41, 5.74) is -0.780. The van der Waals surface area contributed by atoms with Crippen LogP contribution < -0.4 is 0 Å². The molecule has 1 amide bonds. The highest BCUT2D eigenvalue weighted by Gasteiger charge is 2.36. The molecular formula is C17H28N4O2. The standard InChI is InChI=1S/C17H28N4O2/c1-2-20-10-11-21(13-14(20)16-18-8-9-19-16)15(22)12-17(23)6-4-3-5-7-17/h8-9,14,23H,2-7,10-13H2,1H3,(H,18,19)/t14-/m1/s1. The summed E-state index contributed by atoms with van der Waals surface area (Å²) in [7, 11) is 0. The van der Waals surface area contributed by atoms with Crippen LogP contribution in [-0.4, -0.2) is 62.6 Å². The highest BCUT2D eigenvalue weighted by Crippen LogP contribution is 2.32. The molecule has 0 unspecified atom stereocenters. The Hall–Kier alpha value is -1.40. The average molecular weight is 320 g/mol. The molecule has 0 aromatic carbocycles. The lowest BCUT2D eigenvalue weighted by molar-refractivity contribution is -0.141. The van der Waals surface area contributed by atoms with Crippen molar-refractivity contribution >= 4 is 5.91 Å². The van der Waals surface area contributed by atoms with Gasteiger partial charge in [0.15, 0.2) is 0 Å². The second-order valence-corrected chi connectivity index (χ2v) is 6.92. The van der Waals surface area contributed by atoms with Gasteiger partial charge in [-0.25, -0.2) is 4.98 Å². The lowest BCUT2D eigenvalue weighted by Crippen LogP contribution is -2.52. The van der Waals surface area contributed by atoms with Gasteiger partial charge >= 0.3 is 0 Å². The third kappa shape index (κ3) is 3.75. The van der Waals surface area contributed by atoms with Crippen LogP contribution in [0.3, 0.4) is 0 Å². The van der Waals surface area contributed by atoms with Crippen molar-refractivity contribution in [2.45, 2.75) is 57.1 Å². The van der Waals surface area contributed by atoms with E-state index < -0.39 is 5.60 Å². The van der Waals surface area contributed by atoms with Gasteiger partial charge in [0, 0.05) is 32.0 Å². The van der Waals surface area contributed by atoms with Crippen LogP contribution in [-0.2, 0) is 4.79 Å². The molecule has 2 aliphatic rings. The molecule has 128 valence electrons. The molecule has 2 fully saturated rings. The maximum atomic E-state index is 12.7. The number of H-pyrrole nitrogens is 1. The van der Waals surface area contributed by atoms with Crippen molar-refractivity contribution in [3.05, 3.63) is 18.2 Å². The highest BCUT2D eigenvalue weighted by atomic mass is 16.3. The number of rotatable bonds is 4. The molecule has 1 aromatic rings. The number of aliphatic hydroxyl groups is 1. The molecule has 1 aliphatic carbocycles. The van der Waals surface area contributed by atoms with Crippen LogP contribution in [0.4, 0.5) is 0 Å². The minimum Gasteiger partial charge on any atom is -0.389 e. The van der Waals surface area contributed by atoms with Gasteiger partial charge in [-0.2, -0.15) is 0 Å². The normalized spacial score (nSPS) is 25.5. The number of aromatic amines is 1. The van der Waals surface area contributed by atoms with Gasteiger partial charge in [0.1, 0.15) is 5.82 Å². The minimum absolute atomic E-state index is 0.0849. The Morgan fingerprint density at radius 1 is 1.39 bits per heavy atom. The zero-order valence-corrected chi connectivity index (χ0v) is 14.0. The van der Waals surface area contributed by atoms with Gasteiger partial charge in [-0.15, -0.1) is 0 Å². The van der Waals surface area contributed by atoms with Gasteiger partial charge in [0.2, 0.25) is 5.91 Å². The summed E-state index contributed by atoms with van der Waals surface area (Å²) in [4.78, 5) is 24.5. The molecule has 1 aromatic heterocycles. The fourth-order valence-electron chi connectivity index (χ4n) is 3.92. The van der Waals surface area contributed by atoms with Crippen molar-refractivity contribution in [1.29, 1.82) is 0 Å². The van der Waals surface area contributed by atoms with Gasteiger partial charge < -0.3 is 15.0 Å². The van der Waals surface area contributed by atoms with E-state index in [2.05, 4.69) is 21.8 Å². The first-order valence-corrected chi connectivity index (χ1v) is 8.85. The monoisotopic (exact) mass is 320 g/mol. The van der Waals surface area contributed by atoms with E-state index in [0.717, 1.165) is 51.1 Å². The SMILES string of the molecule is CCN1CCN(C(=O)CC2(O)CCCCC2)C[C@@H]1c1ncc[nH]1. The van der Waals surface area contributed by atoms with Gasteiger partial charge in [0.25, 0.3) is 0 Å². The lowest BCUT2D eigenvalue weighted by atomic mass is 9.82. The number of imidazole rings is 1. The van der Waals surface area contributed by atoms with Gasteiger partial charge in [-0.1, -0.05) is 26.2 Å². The van der Waals surface area contributed by atoms with E-state index in [-0.39, 0.29) is 18.4 Å². The minimum atomic E-state index is -0.780. The Morgan fingerprint density at radius 2 is 2.17 bits per heavy atom. The van der Waals surface area contributed by atoms with E-state index in [1.807, 2.05) is 11.1 Å². The number of carbonyl (C=O) groups excluding carboxylic acids is 1. The highest BCUT2D eigenvalue weighted by molar-refractivity contribution is 5.77. The van der Waals surface area contributed by atoms with E-state index >= 15 is 0 Å². The van der Waals surface area contributed by atoms with Gasteiger partial charge in [-0.3, -0.25) is 9.69 Å². The number of nitrogens with one attached hydrogen (secondary N) is 1. The van der Waals surface area contributed by atoms with Gasteiger partial charge in [0.05, 0.1) is 18.1 Å². The number of hydrogen-bond donors (Lipinski definition) is 2. The molecule has 0 spiro atoms. The summed E-state index contributed by atoms with van der Waals surface area (Å²) < 4.78 is 0. The molecule has 2 heterocycles. The molecule has 6 nitrogen and oxygen atoms in total. The van der Waals surface area contributed by atoms with E-state index in [4.69, 9.17) is 0 Å². The van der Waals surface area contributed by atoms with E-state index in [0.29, 0.717) is 6.54 Å². The fraction of sp³-hybridized carbons (Fsp3) is 0.765.